The molecule has 5 nitrogen and oxygen atoms in total. The number of thiazole rings is 1. The van der Waals surface area contributed by atoms with Gasteiger partial charge in [-0.3, -0.25) is 9.59 Å². The summed E-state index contributed by atoms with van der Waals surface area (Å²) in [5, 5.41) is 8.61. The number of amides is 2. The van der Waals surface area contributed by atoms with Crippen LogP contribution < -0.4 is 10.6 Å². The molecule has 2 amide bonds. The van der Waals surface area contributed by atoms with Crippen molar-refractivity contribution < 1.29 is 14.0 Å². The Labute approximate surface area is 183 Å². The number of aromatic nitrogens is 1. The van der Waals surface area contributed by atoms with Crippen LogP contribution >= 0.6 is 22.7 Å². The summed E-state index contributed by atoms with van der Waals surface area (Å²) in [6, 6.07) is 9.08. The van der Waals surface area contributed by atoms with Crippen molar-refractivity contribution in [3.05, 3.63) is 63.0 Å². The third kappa shape index (κ3) is 5.52. The highest BCUT2D eigenvalue weighted by molar-refractivity contribution is 7.16. The number of halogens is 1. The second kappa shape index (κ2) is 9.95. The molecule has 8 heteroatoms. The number of carbonyl (C=O) groups is 2. The van der Waals surface area contributed by atoms with Gasteiger partial charge in [0, 0.05) is 16.8 Å². The average molecular weight is 446 g/mol. The number of aryl methyl sites for hydroxylation is 1. The predicted octanol–water partition coefficient (Wildman–Crippen LogP) is 4.43. The van der Waals surface area contributed by atoms with Crippen molar-refractivity contribution >= 4 is 34.5 Å². The van der Waals surface area contributed by atoms with E-state index in [9.17, 15) is 14.0 Å². The Morgan fingerprint density at radius 2 is 1.93 bits per heavy atom. The zero-order chi connectivity index (χ0) is 21.7. The largest absolute Gasteiger partial charge is 0.354 e. The van der Waals surface area contributed by atoms with Crippen molar-refractivity contribution in [2.45, 2.75) is 33.2 Å². The number of benzene rings is 1. The molecule has 0 aliphatic heterocycles. The van der Waals surface area contributed by atoms with Crippen molar-refractivity contribution in [1.82, 2.24) is 15.6 Å². The molecule has 0 aliphatic carbocycles. The summed E-state index contributed by atoms with van der Waals surface area (Å²) in [5.74, 6) is -1.62. The molecular formula is C22H24FN3O2S2. The van der Waals surface area contributed by atoms with Crippen molar-refractivity contribution in [2.24, 2.45) is 5.92 Å². The predicted molar refractivity (Wildman–Crippen MR) is 119 cm³/mol. The Morgan fingerprint density at radius 1 is 1.17 bits per heavy atom. The van der Waals surface area contributed by atoms with Crippen molar-refractivity contribution in [3.63, 3.8) is 0 Å². The number of carbonyl (C=O) groups excluding carboxylic acids is 2. The van der Waals surface area contributed by atoms with Crippen LogP contribution in [0.2, 0.25) is 0 Å². The number of rotatable bonds is 8. The fraction of sp³-hybridized carbons (Fsp3) is 0.318. The van der Waals surface area contributed by atoms with E-state index in [0.717, 1.165) is 20.5 Å². The summed E-state index contributed by atoms with van der Waals surface area (Å²) in [6.07, 6.45) is 0.686. The molecule has 30 heavy (non-hydrogen) atoms. The maximum Gasteiger partial charge on any atom is 0.254 e. The third-order valence-electron chi connectivity index (χ3n) is 4.56. The molecule has 3 rings (SSSR count). The molecule has 2 aromatic heterocycles. The van der Waals surface area contributed by atoms with Gasteiger partial charge in [0.05, 0.1) is 21.1 Å². The van der Waals surface area contributed by atoms with Gasteiger partial charge in [-0.25, -0.2) is 9.37 Å². The van der Waals surface area contributed by atoms with Crippen LogP contribution in [0.15, 0.2) is 41.8 Å². The SMILES string of the molecule is Cc1nc(-c2ccc(CCNC(=O)[C@@H](NC(=O)c3ccccc3F)C(C)C)s2)cs1. The zero-order valence-electron chi connectivity index (χ0n) is 17.1. The molecule has 2 N–H and O–H groups in total. The van der Waals surface area contributed by atoms with Crippen LogP contribution in [0.5, 0.6) is 0 Å². The highest BCUT2D eigenvalue weighted by Crippen LogP contribution is 2.29. The molecule has 0 saturated heterocycles. The summed E-state index contributed by atoms with van der Waals surface area (Å²) in [7, 11) is 0. The smallest absolute Gasteiger partial charge is 0.254 e. The number of nitrogens with zero attached hydrogens (tertiary/aromatic N) is 1. The van der Waals surface area contributed by atoms with E-state index in [2.05, 4.69) is 15.6 Å². The summed E-state index contributed by atoms with van der Waals surface area (Å²) in [6.45, 7) is 6.11. The molecule has 3 aromatic rings. The lowest BCUT2D eigenvalue weighted by molar-refractivity contribution is -0.123. The summed E-state index contributed by atoms with van der Waals surface area (Å²) >= 11 is 3.28. The van der Waals surface area contributed by atoms with E-state index in [1.807, 2.05) is 38.3 Å². The fourth-order valence-electron chi connectivity index (χ4n) is 2.94. The highest BCUT2D eigenvalue weighted by Gasteiger charge is 2.25. The van der Waals surface area contributed by atoms with Gasteiger partial charge in [0.25, 0.3) is 5.91 Å². The molecule has 1 aromatic carbocycles. The number of hydrogen-bond donors (Lipinski definition) is 2. The monoisotopic (exact) mass is 445 g/mol. The first-order chi connectivity index (χ1) is 14.3. The standard InChI is InChI=1S/C22H24FN3O2S2/c1-13(2)20(26-21(27)16-6-4-5-7-17(16)23)22(28)24-11-10-15-8-9-19(30-15)18-12-29-14(3)25-18/h4-9,12-13,20H,10-11H2,1-3H3,(H,24,28)(H,26,27)/t20-/m0/s1. The first-order valence-electron chi connectivity index (χ1n) is 9.69. The Bertz CT molecular complexity index is 1030. The molecule has 0 aliphatic rings. The lowest BCUT2D eigenvalue weighted by Crippen LogP contribution is -2.50. The average Bonchev–Trinajstić information content (AvgIpc) is 3.35. The first kappa shape index (κ1) is 22.1. The number of hydrogen-bond acceptors (Lipinski definition) is 5. The van der Waals surface area contributed by atoms with E-state index < -0.39 is 17.8 Å². The topological polar surface area (TPSA) is 71.1 Å². The minimum Gasteiger partial charge on any atom is -0.354 e. The minimum atomic E-state index is -0.742. The van der Waals surface area contributed by atoms with Crippen LogP contribution in [0.25, 0.3) is 10.6 Å². The third-order valence-corrected chi connectivity index (χ3v) is 6.50. The van der Waals surface area contributed by atoms with Gasteiger partial charge >= 0.3 is 0 Å². The van der Waals surface area contributed by atoms with Crippen LogP contribution in [0.4, 0.5) is 4.39 Å². The highest BCUT2D eigenvalue weighted by atomic mass is 32.1. The quantitative estimate of drug-likeness (QED) is 0.539. The van der Waals surface area contributed by atoms with Crippen LogP contribution in [0.1, 0.15) is 34.1 Å². The maximum atomic E-state index is 13.8. The second-order valence-electron chi connectivity index (χ2n) is 7.23. The van der Waals surface area contributed by atoms with Crippen LogP contribution in [-0.4, -0.2) is 29.4 Å². The molecule has 0 bridgehead atoms. The lowest BCUT2D eigenvalue weighted by Gasteiger charge is -2.21. The molecular weight excluding hydrogens is 421 g/mol. The maximum absolute atomic E-state index is 13.8. The normalized spacial score (nSPS) is 12.0. The Balaban J connectivity index is 1.55. The van der Waals surface area contributed by atoms with E-state index >= 15 is 0 Å². The molecule has 0 fully saturated rings. The van der Waals surface area contributed by atoms with Gasteiger partial charge in [0.1, 0.15) is 11.9 Å². The Kier molecular flexibility index (Phi) is 7.33. The van der Waals surface area contributed by atoms with Crippen LogP contribution in [0.3, 0.4) is 0 Å². The van der Waals surface area contributed by atoms with E-state index in [-0.39, 0.29) is 17.4 Å². The first-order valence-corrected chi connectivity index (χ1v) is 11.4. The van der Waals surface area contributed by atoms with Gasteiger partial charge in [0.2, 0.25) is 5.91 Å². The summed E-state index contributed by atoms with van der Waals surface area (Å²) < 4.78 is 13.8. The van der Waals surface area contributed by atoms with Gasteiger partial charge in [-0.05, 0) is 43.5 Å². The molecule has 0 radical (unpaired) electrons. The second-order valence-corrected chi connectivity index (χ2v) is 9.46. The number of thiophene rings is 1. The Hall–Kier alpha value is -2.58. The van der Waals surface area contributed by atoms with Crippen LogP contribution in [-0.2, 0) is 11.2 Å². The lowest BCUT2D eigenvalue weighted by atomic mass is 10.0. The van der Waals surface area contributed by atoms with Gasteiger partial charge in [-0.1, -0.05) is 26.0 Å². The molecule has 0 saturated carbocycles. The summed E-state index contributed by atoms with van der Waals surface area (Å²) in [5.41, 5.74) is 0.910. The number of nitrogens with one attached hydrogen (secondary N) is 2. The molecule has 1 atom stereocenters. The molecule has 0 unspecified atom stereocenters. The van der Waals surface area contributed by atoms with Crippen LogP contribution in [0, 0.1) is 18.7 Å². The van der Waals surface area contributed by atoms with Gasteiger partial charge in [-0.2, -0.15) is 0 Å². The molecule has 2 heterocycles. The summed E-state index contributed by atoms with van der Waals surface area (Å²) in [4.78, 5) is 31.8. The van der Waals surface area contributed by atoms with E-state index in [1.54, 1.807) is 28.7 Å². The van der Waals surface area contributed by atoms with Crippen molar-refractivity contribution in [1.29, 1.82) is 0 Å². The van der Waals surface area contributed by atoms with Gasteiger partial charge < -0.3 is 10.6 Å². The minimum absolute atomic E-state index is 0.0701. The zero-order valence-corrected chi connectivity index (χ0v) is 18.7. The molecule has 0 spiro atoms. The van der Waals surface area contributed by atoms with E-state index in [4.69, 9.17) is 0 Å². The van der Waals surface area contributed by atoms with E-state index in [1.165, 1.54) is 18.2 Å². The van der Waals surface area contributed by atoms with Gasteiger partial charge in [0.15, 0.2) is 0 Å². The van der Waals surface area contributed by atoms with E-state index in [0.29, 0.717) is 13.0 Å². The van der Waals surface area contributed by atoms with Crippen molar-refractivity contribution in [2.75, 3.05) is 6.54 Å². The fourth-order valence-corrected chi connectivity index (χ4v) is 4.60. The Morgan fingerprint density at radius 3 is 2.60 bits per heavy atom. The van der Waals surface area contributed by atoms with Crippen molar-refractivity contribution in [3.8, 4) is 10.6 Å². The molecule has 158 valence electrons. The van der Waals surface area contributed by atoms with Gasteiger partial charge in [-0.15, -0.1) is 22.7 Å².